The van der Waals surface area contributed by atoms with Crippen molar-refractivity contribution < 1.29 is 13.9 Å². The second-order valence-electron chi connectivity index (χ2n) is 4.12. The fourth-order valence-electron chi connectivity index (χ4n) is 1.68. The Kier molecular flexibility index (Phi) is 3.37. The van der Waals surface area contributed by atoms with E-state index in [0.29, 0.717) is 11.4 Å². The third-order valence-electron chi connectivity index (χ3n) is 2.61. The van der Waals surface area contributed by atoms with Crippen molar-refractivity contribution in [3.63, 3.8) is 0 Å². The number of carbonyl (C=O) groups excluding carboxylic acids is 1. The molecule has 0 radical (unpaired) electrons. The van der Waals surface area contributed by atoms with Gasteiger partial charge >= 0.3 is 0 Å². The van der Waals surface area contributed by atoms with Gasteiger partial charge in [-0.15, -0.1) is 0 Å². The number of halogens is 1. The summed E-state index contributed by atoms with van der Waals surface area (Å²) in [5.74, 6) is -1.21. The molecule has 2 aromatic carbocycles. The molecular weight excluding hydrogens is 247 g/mol. The molecule has 0 bridgehead atoms. The number of hydrogen-bond acceptors (Lipinski definition) is 3. The Hall–Kier alpha value is -2.56. The van der Waals surface area contributed by atoms with Crippen molar-refractivity contribution in [2.24, 2.45) is 5.73 Å². The molecule has 2 aromatic rings. The molecule has 0 fully saturated rings. The molecule has 1 amide bonds. The Morgan fingerprint density at radius 2 is 1.95 bits per heavy atom. The lowest BCUT2D eigenvalue weighted by Gasteiger charge is -2.12. The van der Waals surface area contributed by atoms with Gasteiger partial charge in [-0.1, -0.05) is 12.1 Å². The number of nitrogen functional groups attached to an aromatic ring is 1. The van der Waals surface area contributed by atoms with Gasteiger partial charge in [-0.05, 0) is 36.8 Å². The van der Waals surface area contributed by atoms with Gasteiger partial charge in [-0.25, -0.2) is 4.39 Å². The van der Waals surface area contributed by atoms with Gasteiger partial charge in [0.25, 0.3) is 5.91 Å². The Morgan fingerprint density at radius 3 is 2.63 bits per heavy atom. The number of aryl methyl sites for hydroxylation is 1. The zero-order chi connectivity index (χ0) is 14.0. The van der Waals surface area contributed by atoms with E-state index >= 15 is 0 Å². The van der Waals surface area contributed by atoms with Crippen molar-refractivity contribution in [2.75, 3.05) is 5.73 Å². The highest BCUT2D eigenvalue weighted by molar-refractivity contribution is 5.96. The summed E-state index contributed by atoms with van der Waals surface area (Å²) in [4.78, 5) is 11.3. The van der Waals surface area contributed by atoms with Crippen molar-refractivity contribution in [3.05, 3.63) is 53.3 Å². The highest BCUT2D eigenvalue weighted by Gasteiger charge is 2.16. The topological polar surface area (TPSA) is 78.3 Å². The Morgan fingerprint density at radius 1 is 1.21 bits per heavy atom. The minimum atomic E-state index is -0.890. The highest BCUT2D eigenvalue weighted by Crippen LogP contribution is 2.31. The van der Waals surface area contributed by atoms with Gasteiger partial charge in [-0.3, -0.25) is 4.79 Å². The molecule has 2 rings (SSSR count). The number of primary amides is 1. The summed E-state index contributed by atoms with van der Waals surface area (Å²) < 4.78 is 19.1. The number of hydrogen-bond donors (Lipinski definition) is 2. The molecule has 0 heterocycles. The number of ether oxygens (including phenoxy) is 1. The van der Waals surface area contributed by atoms with E-state index in [1.54, 1.807) is 12.1 Å². The van der Waals surface area contributed by atoms with E-state index in [1.165, 1.54) is 12.1 Å². The van der Waals surface area contributed by atoms with Crippen LogP contribution in [0.2, 0.25) is 0 Å². The van der Waals surface area contributed by atoms with E-state index in [9.17, 15) is 9.18 Å². The lowest BCUT2D eigenvalue weighted by atomic mass is 10.1. The molecule has 0 saturated heterocycles. The van der Waals surface area contributed by atoms with Crippen LogP contribution in [0.25, 0.3) is 0 Å². The number of anilines is 1. The fourth-order valence-corrected chi connectivity index (χ4v) is 1.68. The standard InChI is InChI=1S/C14H13FN2O2/c1-8-5-6-10(16)12(7-8)19-11-4-2-3-9(15)13(11)14(17)18/h2-7H,16H2,1H3,(H2,17,18). The highest BCUT2D eigenvalue weighted by atomic mass is 19.1. The van der Waals surface area contributed by atoms with E-state index in [4.69, 9.17) is 16.2 Å². The Balaban J connectivity index is 2.46. The van der Waals surface area contributed by atoms with Crippen LogP contribution in [0, 0.1) is 12.7 Å². The Labute approximate surface area is 109 Å². The molecule has 0 aromatic heterocycles. The molecule has 5 heteroatoms. The first-order chi connectivity index (χ1) is 8.99. The van der Waals surface area contributed by atoms with Gasteiger partial charge in [0.1, 0.15) is 17.1 Å². The van der Waals surface area contributed by atoms with Crippen LogP contribution in [0.5, 0.6) is 11.5 Å². The molecule has 0 saturated carbocycles. The van der Waals surface area contributed by atoms with Gasteiger partial charge < -0.3 is 16.2 Å². The normalized spacial score (nSPS) is 10.2. The van der Waals surface area contributed by atoms with Crippen LogP contribution in [0.4, 0.5) is 10.1 Å². The minimum Gasteiger partial charge on any atom is -0.454 e. The molecule has 19 heavy (non-hydrogen) atoms. The largest absolute Gasteiger partial charge is 0.454 e. The summed E-state index contributed by atoms with van der Waals surface area (Å²) in [6.45, 7) is 1.87. The maximum absolute atomic E-state index is 13.6. The van der Waals surface area contributed by atoms with Crippen LogP contribution in [0.1, 0.15) is 15.9 Å². The first kappa shape index (κ1) is 12.9. The summed E-state index contributed by atoms with van der Waals surface area (Å²) in [6, 6.07) is 9.24. The molecule has 4 nitrogen and oxygen atoms in total. The van der Waals surface area contributed by atoms with Crippen molar-refractivity contribution >= 4 is 11.6 Å². The van der Waals surface area contributed by atoms with Crippen LogP contribution in [0.3, 0.4) is 0 Å². The quantitative estimate of drug-likeness (QED) is 0.832. The maximum Gasteiger partial charge on any atom is 0.255 e. The van der Waals surface area contributed by atoms with Crippen LogP contribution in [0.15, 0.2) is 36.4 Å². The van der Waals surface area contributed by atoms with Gasteiger partial charge in [0.15, 0.2) is 5.75 Å². The Bertz CT molecular complexity index is 641. The molecule has 0 aliphatic rings. The summed E-state index contributed by atoms with van der Waals surface area (Å²) >= 11 is 0. The molecule has 0 aliphatic heterocycles. The van der Waals surface area contributed by atoms with E-state index in [2.05, 4.69) is 0 Å². The van der Waals surface area contributed by atoms with Crippen molar-refractivity contribution in [1.29, 1.82) is 0 Å². The van der Waals surface area contributed by atoms with E-state index in [0.717, 1.165) is 11.6 Å². The molecule has 0 spiro atoms. The van der Waals surface area contributed by atoms with Gasteiger partial charge in [0.2, 0.25) is 0 Å². The van der Waals surface area contributed by atoms with E-state index in [1.807, 2.05) is 13.0 Å². The lowest BCUT2D eigenvalue weighted by Crippen LogP contribution is -2.14. The molecule has 0 atom stereocenters. The van der Waals surface area contributed by atoms with Gasteiger partial charge in [0, 0.05) is 0 Å². The number of carbonyl (C=O) groups is 1. The lowest BCUT2D eigenvalue weighted by molar-refractivity contribution is 0.0994. The SMILES string of the molecule is Cc1ccc(N)c(Oc2cccc(F)c2C(N)=O)c1. The number of nitrogens with two attached hydrogens (primary N) is 2. The molecule has 98 valence electrons. The first-order valence-electron chi connectivity index (χ1n) is 5.61. The van der Waals surface area contributed by atoms with Gasteiger partial charge in [0.05, 0.1) is 5.69 Å². The summed E-state index contributed by atoms with van der Waals surface area (Å²) in [5.41, 5.74) is 12.0. The maximum atomic E-state index is 13.6. The average Bonchev–Trinajstić information content (AvgIpc) is 2.33. The predicted molar refractivity (Wildman–Crippen MR) is 70.6 cm³/mol. The number of rotatable bonds is 3. The van der Waals surface area contributed by atoms with E-state index < -0.39 is 11.7 Å². The summed E-state index contributed by atoms with van der Waals surface area (Å²) in [6.07, 6.45) is 0. The van der Waals surface area contributed by atoms with E-state index in [-0.39, 0.29) is 11.3 Å². The third kappa shape index (κ3) is 2.65. The van der Waals surface area contributed by atoms with Crippen LogP contribution in [-0.4, -0.2) is 5.91 Å². The molecule has 0 aliphatic carbocycles. The monoisotopic (exact) mass is 260 g/mol. The van der Waals surface area contributed by atoms with Crippen molar-refractivity contribution in [1.82, 2.24) is 0 Å². The third-order valence-corrected chi connectivity index (χ3v) is 2.61. The van der Waals surface area contributed by atoms with Crippen molar-refractivity contribution in [3.8, 4) is 11.5 Å². The number of amides is 1. The molecule has 4 N–H and O–H groups in total. The minimum absolute atomic E-state index is 0.0461. The molecular formula is C14H13FN2O2. The smallest absolute Gasteiger partial charge is 0.255 e. The second kappa shape index (κ2) is 4.97. The van der Waals surface area contributed by atoms with Gasteiger partial charge in [-0.2, -0.15) is 0 Å². The zero-order valence-corrected chi connectivity index (χ0v) is 10.3. The van der Waals surface area contributed by atoms with Crippen LogP contribution in [-0.2, 0) is 0 Å². The van der Waals surface area contributed by atoms with Crippen molar-refractivity contribution in [2.45, 2.75) is 6.92 Å². The summed E-state index contributed by atoms with van der Waals surface area (Å²) in [7, 11) is 0. The first-order valence-corrected chi connectivity index (χ1v) is 5.61. The zero-order valence-electron chi connectivity index (χ0n) is 10.3. The predicted octanol–water partition coefficient (Wildman–Crippen LogP) is 2.61. The fraction of sp³-hybridized carbons (Fsp3) is 0.0714. The van der Waals surface area contributed by atoms with Crippen LogP contribution >= 0.6 is 0 Å². The van der Waals surface area contributed by atoms with Crippen LogP contribution < -0.4 is 16.2 Å². The molecule has 0 unspecified atom stereocenters. The summed E-state index contributed by atoms with van der Waals surface area (Å²) in [5, 5.41) is 0. The second-order valence-corrected chi connectivity index (χ2v) is 4.12. The number of benzene rings is 2. The average molecular weight is 260 g/mol.